The molecule has 1 heterocycles. The molecule has 0 atom stereocenters. The summed E-state index contributed by atoms with van der Waals surface area (Å²) in [6, 6.07) is 14.3. The summed E-state index contributed by atoms with van der Waals surface area (Å²) < 4.78 is 15.4. The Bertz CT molecular complexity index is 963. The molecule has 0 aliphatic heterocycles. The molecule has 1 aromatic heterocycles. The maximum Gasteiger partial charge on any atom is 0.344 e. The second-order valence-corrected chi connectivity index (χ2v) is 5.57. The molecule has 0 amide bonds. The van der Waals surface area contributed by atoms with Gasteiger partial charge in [-0.3, -0.25) is 0 Å². The van der Waals surface area contributed by atoms with Gasteiger partial charge in [-0.15, -0.1) is 0 Å². The Morgan fingerprint density at radius 2 is 1.92 bits per heavy atom. The van der Waals surface area contributed by atoms with E-state index in [0.717, 1.165) is 5.56 Å². The average Bonchev–Trinajstić information content (AvgIpc) is 2.62. The van der Waals surface area contributed by atoms with Crippen LogP contribution in [0.4, 0.5) is 0 Å². The zero-order valence-corrected chi connectivity index (χ0v) is 14.2. The van der Waals surface area contributed by atoms with Gasteiger partial charge in [0.25, 0.3) is 0 Å². The van der Waals surface area contributed by atoms with Crippen LogP contribution in [0.15, 0.2) is 57.7 Å². The molecule has 6 heteroatoms. The van der Waals surface area contributed by atoms with Crippen molar-refractivity contribution in [2.75, 3.05) is 13.2 Å². The molecule has 0 aliphatic rings. The summed E-state index contributed by atoms with van der Waals surface area (Å²) in [7, 11) is 0. The van der Waals surface area contributed by atoms with Crippen LogP contribution >= 0.6 is 11.6 Å². The zero-order valence-electron chi connectivity index (χ0n) is 13.5. The van der Waals surface area contributed by atoms with Gasteiger partial charge in [-0.1, -0.05) is 41.9 Å². The van der Waals surface area contributed by atoms with Crippen molar-refractivity contribution in [2.24, 2.45) is 0 Å². The first kappa shape index (κ1) is 17.0. The standard InChI is InChI=1S/C19H15ClO5/c1-2-23-17(22)11-24-15-9-8-13-14(12-6-4-3-5-7-12)10-16(21)25-19(13)18(15)20/h3-10H,2,11H2,1H3. The highest BCUT2D eigenvalue weighted by atomic mass is 35.5. The number of esters is 1. The maximum absolute atomic E-state index is 12.0. The highest BCUT2D eigenvalue weighted by molar-refractivity contribution is 6.36. The SMILES string of the molecule is CCOC(=O)COc1ccc2c(-c3ccccc3)cc(=O)oc2c1Cl. The number of benzene rings is 2. The van der Waals surface area contributed by atoms with Crippen LogP contribution in [-0.2, 0) is 9.53 Å². The predicted octanol–water partition coefficient (Wildman–Crippen LogP) is 4.06. The van der Waals surface area contributed by atoms with Gasteiger partial charge in [0.05, 0.1) is 6.61 Å². The van der Waals surface area contributed by atoms with Crippen LogP contribution < -0.4 is 10.4 Å². The second kappa shape index (κ2) is 7.40. The van der Waals surface area contributed by atoms with Gasteiger partial charge < -0.3 is 13.9 Å². The largest absolute Gasteiger partial charge is 0.480 e. The van der Waals surface area contributed by atoms with E-state index in [1.54, 1.807) is 19.1 Å². The number of halogens is 1. The molecule has 0 N–H and O–H groups in total. The molecule has 0 bridgehead atoms. The Hall–Kier alpha value is -2.79. The lowest BCUT2D eigenvalue weighted by Crippen LogP contribution is -2.14. The van der Waals surface area contributed by atoms with E-state index in [-0.39, 0.29) is 29.6 Å². The van der Waals surface area contributed by atoms with Gasteiger partial charge in [0.2, 0.25) is 0 Å². The fourth-order valence-corrected chi connectivity index (χ4v) is 2.74. The molecule has 0 radical (unpaired) electrons. The van der Waals surface area contributed by atoms with Crippen LogP contribution in [0.2, 0.25) is 5.02 Å². The summed E-state index contributed by atoms with van der Waals surface area (Å²) in [5.74, 6) is -0.256. The second-order valence-electron chi connectivity index (χ2n) is 5.19. The highest BCUT2D eigenvalue weighted by Gasteiger charge is 2.15. The molecule has 0 saturated heterocycles. The van der Waals surface area contributed by atoms with Crippen LogP contribution in [0.25, 0.3) is 22.1 Å². The molecule has 2 aromatic carbocycles. The number of fused-ring (bicyclic) bond motifs is 1. The third-order valence-corrected chi connectivity index (χ3v) is 3.91. The highest BCUT2D eigenvalue weighted by Crippen LogP contribution is 2.36. The average molecular weight is 359 g/mol. The van der Waals surface area contributed by atoms with Crippen molar-refractivity contribution in [3.63, 3.8) is 0 Å². The van der Waals surface area contributed by atoms with Gasteiger partial charge in [-0.25, -0.2) is 9.59 Å². The quantitative estimate of drug-likeness (QED) is 0.508. The van der Waals surface area contributed by atoms with Crippen molar-refractivity contribution in [1.82, 2.24) is 0 Å². The molecule has 3 aromatic rings. The Morgan fingerprint density at radius 3 is 2.64 bits per heavy atom. The lowest BCUT2D eigenvalue weighted by Gasteiger charge is -2.11. The Kier molecular flexibility index (Phi) is 5.05. The van der Waals surface area contributed by atoms with E-state index in [4.69, 9.17) is 25.5 Å². The molecule has 128 valence electrons. The zero-order chi connectivity index (χ0) is 17.8. The van der Waals surface area contributed by atoms with E-state index in [2.05, 4.69) is 0 Å². The summed E-state index contributed by atoms with van der Waals surface area (Å²) in [5, 5.41) is 0.816. The minimum absolute atomic E-state index is 0.136. The minimum Gasteiger partial charge on any atom is -0.480 e. The summed E-state index contributed by atoms with van der Waals surface area (Å²) in [6.45, 7) is 1.70. The van der Waals surface area contributed by atoms with Crippen LogP contribution in [-0.4, -0.2) is 19.2 Å². The molecular formula is C19H15ClO5. The molecule has 3 rings (SSSR count). The lowest BCUT2D eigenvalue weighted by molar-refractivity contribution is -0.145. The van der Waals surface area contributed by atoms with Gasteiger partial charge >= 0.3 is 11.6 Å². The van der Waals surface area contributed by atoms with E-state index >= 15 is 0 Å². The van der Waals surface area contributed by atoms with Crippen molar-refractivity contribution < 1.29 is 18.7 Å². The number of ether oxygens (including phenoxy) is 2. The summed E-state index contributed by atoms with van der Waals surface area (Å²) in [6.07, 6.45) is 0. The number of hydrogen-bond acceptors (Lipinski definition) is 5. The third kappa shape index (κ3) is 3.67. The monoisotopic (exact) mass is 358 g/mol. The van der Waals surface area contributed by atoms with Gasteiger partial charge in [0.1, 0.15) is 10.8 Å². The molecule has 0 spiro atoms. The maximum atomic E-state index is 12.0. The Balaban J connectivity index is 2.05. The van der Waals surface area contributed by atoms with E-state index in [0.29, 0.717) is 10.9 Å². The first-order valence-electron chi connectivity index (χ1n) is 7.70. The fourth-order valence-electron chi connectivity index (χ4n) is 2.48. The molecule has 5 nitrogen and oxygen atoms in total. The summed E-state index contributed by atoms with van der Waals surface area (Å²) in [5.41, 5.74) is 1.28. The fraction of sp³-hybridized carbons (Fsp3) is 0.158. The number of carbonyl (C=O) groups is 1. The van der Waals surface area contributed by atoms with Gasteiger partial charge in [0, 0.05) is 11.5 Å². The van der Waals surface area contributed by atoms with Gasteiger partial charge in [0.15, 0.2) is 12.2 Å². The predicted molar refractivity (Wildman–Crippen MR) is 95.1 cm³/mol. The van der Waals surface area contributed by atoms with Crippen LogP contribution in [0.3, 0.4) is 0 Å². The van der Waals surface area contributed by atoms with Gasteiger partial charge in [-0.2, -0.15) is 0 Å². The Labute approximate surface area is 148 Å². The van der Waals surface area contributed by atoms with Crippen molar-refractivity contribution in [3.8, 4) is 16.9 Å². The molecule has 0 fully saturated rings. The molecule has 25 heavy (non-hydrogen) atoms. The van der Waals surface area contributed by atoms with Crippen LogP contribution in [0, 0.1) is 0 Å². The third-order valence-electron chi connectivity index (χ3n) is 3.55. The van der Waals surface area contributed by atoms with Crippen LogP contribution in [0.1, 0.15) is 6.92 Å². The molecule has 0 aliphatic carbocycles. The summed E-state index contributed by atoms with van der Waals surface area (Å²) >= 11 is 6.32. The first-order chi connectivity index (χ1) is 12.1. The smallest absolute Gasteiger partial charge is 0.344 e. The Morgan fingerprint density at radius 1 is 1.16 bits per heavy atom. The molecule has 0 unspecified atom stereocenters. The van der Waals surface area contributed by atoms with E-state index in [9.17, 15) is 9.59 Å². The van der Waals surface area contributed by atoms with E-state index in [1.165, 1.54) is 6.07 Å². The van der Waals surface area contributed by atoms with Gasteiger partial charge in [-0.05, 0) is 30.2 Å². The molecule has 0 saturated carbocycles. The van der Waals surface area contributed by atoms with E-state index in [1.807, 2.05) is 30.3 Å². The van der Waals surface area contributed by atoms with Crippen molar-refractivity contribution in [1.29, 1.82) is 0 Å². The minimum atomic E-state index is -0.518. The normalized spacial score (nSPS) is 10.6. The molecular weight excluding hydrogens is 344 g/mol. The lowest BCUT2D eigenvalue weighted by atomic mass is 10.0. The topological polar surface area (TPSA) is 65.7 Å². The number of rotatable bonds is 5. The number of hydrogen-bond donors (Lipinski definition) is 0. The van der Waals surface area contributed by atoms with Crippen molar-refractivity contribution >= 4 is 28.5 Å². The van der Waals surface area contributed by atoms with Crippen molar-refractivity contribution in [3.05, 3.63) is 64.0 Å². The first-order valence-corrected chi connectivity index (χ1v) is 8.08. The van der Waals surface area contributed by atoms with Crippen LogP contribution in [0.5, 0.6) is 5.75 Å². The summed E-state index contributed by atoms with van der Waals surface area (Å²) in [4.78, 5) is 23.4. The number of carbonyl (C=O) groups excluding carboxylic acids is 1. The van der Waals surface area contributed by atoms with Crippen molar-refractivity contribution in [2.45, 2.75) is 6.92 Å². The van der Waals surface area contributed by atoms with E-state index < -0.39 is 11.6 Å².